The number of nitrogens with one attached hydrogen (secondary N) is 2. The largest absolute Gasteiger partial charge is 0.372 e. The van der Waals surface area contributed by atoms with Crippen molar-refractivity contribution in [3.63, 3.8) is 0 Å². The number of anilines is 1. The van der Waals surface area contributed by atoms with Crippen molar-refractivity contribution in [1.82, 2.24) is 19.9 Å². The Labute approximate surface area is 83.4 Å². The van der Waals surface area contributed by atoms with Crippen LogP contribution in [0.15, 0.2) is 11.1 Å². The van der Waals surface area contributed by atoms with E-state index in [0.717, 1.165) is 0 Å². The van der Waals surface area contributed by atoms with Crippen molar-refractivity contribution in [1.29, 1.82) is 0 Å². The van der Waals surface area contributed by atoms with E-state index in [1.165, 1.54) is 6.33 Å². The first-order valence-corrected chi connectivity index (χ1v) is 4.19. The molecule has 0 aliphatic rings. The molecule has 0 amide bonds. The van der Waals surface area contributed by atoms with Crippen LogP contribution in [0.25, 0.3) is 11.0 Å². The van der Waals surface area contributed by atoms with Gasteiger partial charge in [-0.1, -0.05) is 0 Å². The molecule has 7 heteroatoms. The van der Waals surface area contributed by atoms with Gasteiger partial charge in [-0.3, -0.25) is 4.79 Å². The van der Waals surface area contributed by atoms with Crippen LogP contribution in [0.1, 0.15) is 0 Å². The highest BCUT2D eigenvalue weighted by atomic mass is 35.5. The van der Waals surface area contributed by atoms with Crippen LogP contribution in [0.5, 0.6) is 0 Å². The Hall–Kier alpha value is -1.69. The number of halogens is 1. The molecule has 0 aromatic carbocycles. The zero-order valence-electron chi connectivity index (χ0n) is 7.21. The van der Waals surface area contributed by atoms with Gasteiger partial charge >= 0.3 is 0 Å². The van der Waals surface area contributed by atoms with Crippen molar-refractivity contribution in [3.8, 4) is 0 Å². The predicted molar refractivity (Wildman–Crippen MR) is 52.5 cm³/mol. The summed E-state index contributed by atoms with van der Waals surface area (Å²) in [6, 6.07) is 0. The summed E-state index contributed by atoms with van der Waals surface area (Å²) >= 11 is 5.64. The standard InChI is InChI=1S/C7H6ClN5O/c1-9-4-3-5(13-7(8)12-4)10-2-11-6(3)14/h2H,1H3,(H2,9,10,11,12,13,14). The molecule has 2 aromatic heterocycles. The van der Waals surface area contributed by atoms with Crippen LogP contribution in [0.3, 0.4) is 0 Å². The molecule has 0 spiro atoms. The highest BCUT2D eigenvalue weighted by Gasteiger charge is 2.09. The molecule has 2 N–H and O–H groups in total. The van der Waals surface area contributed by atoms with Gasteiger partial charge in [-0.15, -0.1) is 0 Å². The number of hydrogen-bond donors (Lipinski definition) is 2. The Bertz CT molecular complexity index is 537. The van der Waals surface area contributed by atoms with E-state index in [-0.39, 0.29) is 16.5 Å². The SMILES string of the molecule is CNc1nc(Cl)nc2nc[nH]c(=O)c12. The average Bonchev–Trinajstić information content (AvgIpc) is 2.16. The molecular weight excluding hydrogens is 206 g/mol. The van der Waals surface area contributed by atoms with Crippen LogP contribution >= 0.6 is 11.6 Å². The van der Waals surface area contributed by atoms with Gasteiger partial charge in [-0.25, -0.2) is 4.98 Å². The Balaban J connectivity index is 2.96. The number of hydrogen-bond acceptors (Lipinski definition) is 5. The quantitative estimate of drug-likeness (QED) is 0.668. The molecule has 0 saturated heterocycles. The van der Waals surface area contributed by atoms with Crippen LogP contribution in [0.2, 0.25) is 5.28 Å². The predicted octanol–water partition coefficient (Wildman–Crippen LogP) is 0.408. The van der Waals surface area contributed by atoms with E-state index in [2.05, 4.69) is 25.3 Å². The molecular formula is C7H6ClN5O. The molecule has 72 valence electrons. The minimum absolute atomic E-state index is 0.0555. The zero-order chi connectivity index (χ0) is 10.1. The topological polar surface area (TPSA) is 83.6 Å². The second kappa shape index (κ2) is 3.22. The van der Waals surface area contributed by atoms with Gasteiger partial charge in [0, 0.05) is 7.05 Å². The minimum Gasteiger partial charge on any atom is -0.372 e. The van der Waals surface area contributed by atoms with E-state index >= 15 is 0 Å². The third kappa shape index (κ3) is 1.29. The molecule has 14 heavy (non-hydrogen) atoms. The molecule has 0 unspecified atom stereocenters. The number of aromatic amines is 1. The molecule has 2 aromatic rings. The Morgan fingerprint density at radius 3 is 3.00 bits per heavy atom. The third-order valence-corrected chi connectivity index (χ3v) is 1.88. The van der Waals surface area contributed by atoms with Crippen molar-refractivity contribution < 1.29 is 0 Å². The fraction of sp³-hybridized carbons (Fsp3) is 0.143. The van der Waals surface area contributed by atoms with Crippen molar-refractivity contribution in [2.24, 2.45) is 0 Å². The van der Waals surface area contributed by atoms with Crippen LogP contribution in [0, 0.1) is 0 Å². The summed E-state index contributed by atoms with van der Waals surface area (Å²) in [5, 5.41) is 3.12. The Kier molecular flexibility index (Phi) is 2.05. The van der Waals surface area contributed by atoms with E-state index in [1.54, 1.807) is 7.05 Å². The van der Waals surface area contributed by atoms with E-state index in [1.807, 2.05) is 0 Å². The maximum Gasteiger partial charge on any atom is 0.263 e. The van der Waals surface area contributed by atoms with Gasteiger partial charge in [-0.2, -0.15) is 9.97 Å². The normalized spacial score (nSPS) is 10.4. The van der Waals surface area contributed by atoms with Crippen molar-refractivity contribution in [2.75, 3.05) is 12.4 Å². The van der Waals surface area contributed by atoms with E-state index in [9.17, 15) is 4.79 Å². The highest BCUT2D eigenvalue weighted by Crippen LogP contribution is 2.15. The van der Waals surface area contributed by atoms with E-state index < -0.39 is 0 Å². The van der Waals surface area contributed by atoms with Crippen LogP contribution in [-0.4, -0.2) is 27.0 Å². The molecule has 0 aliphatic carbocycles. The Morgan fingerprint density at radius 2 is 2.29 bits per heavy atom. The zero-order valence-corrected chi connectivity index (χ0v) is 7.96. The monoisotopic (exact) mass is 211 g/mol. The fourth-order valence-electron chi connectivity index (χ4n) is 1.13. The average molecular weight is 212 g/mol. The molecule has 0 saturated carbocycles. The number of rotatable bonds is 1. The first-order valence-electron chi connectivity index (χ1n) is 3.81. The van der Waals surface area contributed by atoms with Gasteiger partial charge in [0.2, 0.25) is 5.28 Å². The first-order chi connectivity index (χ1) is 6.72. The van der Waals surface area contributed by atoms with Crippen molar-refractivity contribution in [2.45, 2.75) is 0 Å². The number of nitrogens with zero attached hydrogens (tertiary/aromatic N) is 3. The van der Waals surface area contributed by atoms with Crippen molar-refractivity contribution in [3.05, 3.63) is 22.0 Å². The Morgan fingerprint density at radius 1 is 1.50 bits per heavy atom. The maximum absolute atomic E-state index is 11.4. The van der Waals surface area contributed by atoms with Gasteiger partial charge in [-0.05, 0) is 11.6 Å². The molecule has 2 heterocycles. The first kappa shape index (κ1) is 8.89. The number of aromatic nitrogens is 4. The third-order valence-electron chi connectivity index (χ3n) is 1.71. The second-order valence-corrected chi connectivity index (χ2v) is 2.86. The van der Waals surface area contributed by atoms with E-state index in [4.69, 9.17) is 11.6 Å². The smallest absolute Gasteiger partial charge is 0.263 e. The lowest BCUT2D eigenvalue weighted by atomic mass is 10.4. The van der Waals surface area contributed by atoms with Gasteiger partial charge in [0.25, 0.3) is 5.56 Å². The van der Waals surface area contributed by atoms with Crippen LogP contribution in [-0.2, 0) is 0 Å². The summed E-state index contributed by atoms with van der Waals surface area (Å²) in [6.45, 7) is 0. The number of fused-ring (bicyclic) bond motifs is 1. The lowest BCUT2D eigenvalue weighted by Crippen LogP contribution is -2.11. The minimum atomic E-state index is -0.295. The summed E-state index contributed by atoms with van der Waals surface area (Å²) in [7, 11) is 1.64. The molecule has 0 aliphatic heterocycles. The van der Waals surface area contributed by atoms with Gasteiger partial charge in [0.05, 0.1) is 6.33 Å². The van der Waals surface area contributed by atoms with Crippen molar-refractivity contribution >= 4 is 28.5 Å². The number of H-pyrrole nitrogens is 1. The molecule has 0 bridgehead atoms. The highest BCUT2D eigenvalue weighted by molar-refractivity contribution is 6.28. The lowest BCUT2D eigenvalue weighted by Gasteiger charge is -2.02. The van der Waals surface area contributed by atoms with Gasteiger partial charge < -0.3 is 10.3 Å². The second-order valence-electron chi connectivity index (χ2n) is 2.52. The lowest BCUT2D eigenvalue weighted by molar-refractivity contribution is 1.11. The summed E-state index contributed by atoms with van der Waals surface area (Å²) in [6.07, 6.45) is 1.27. The van der Waals surface area contributed by atoms with Crippen LogP contribution < -0.4 is 10.9 Å². The maximum atomic E-state index is 11.4. The molecule has 6 nitrogen and oxygen atoms in total. The molecule has 0 atom stereocenters. The fourth-order valence-corrected chi connectivity index (χ4v) is 1.29. The summed E-state index contributed by atoms with van der Waals surface area (Å²) < 4.78 is 0. The summed E-state index contributed by atoms with van der Waals surface area (Å²) in [5.41, 5.74) is -0.0193. The summed E-state index contributed by atoms with van der Waals surface area (Å²) in [4.78, 5) is 25.4. The van der Waals surface area contributed by atoms with E-state index in [0.29, 0.717) is 11.2 Å². The summed E-state index contributed by atoms with van der Waals surface area (Å²) in [5.74, 6) is 0.370. The molecule has 2 rings (SSSR count). The molecule has 0 fully saturated rings. The van der Waals surface area contributed by atoms with Crippen LogP contribution in [0.4, 0.5) is 5.82 Å². The van der Waals surface area contributed by atoms with Gasteiger partial charge in [0.1, 0.15) is 11.2 Å². The van der Waals surface area contributed by atoms with Gasteiger partial charge in [0.15, 0.2) is 5.65 Å². The molecule has 0 radical (unpaired) electrons.